The fourth-order valence-corrected chi connectivity index (χ4v) is 7.59. The second-order valence-electron chi connectivity index (χ2n) is 15.4. The summed E-state index contributed by atoms with van der Waals surface area (Å²) in [5.41, 5.74) is 1.05. The highest BCUT2D eigenvalue weighted by atomic mass is 16.6. The third kappa shape index (κ3) is 8.45. The molecule has 4 heterocycles. The number of esters is 1. The van der Waals surface area contributed by atoms with E-state index in [1.165, 1.54) is 12.0 Å². The molecule has 5 atom stereocenters. The number of ether oxygens (including phenoxy) is 5. The molecule has 2 bridgehead atoms. The largest absolute Gasteiger partial charge is 0.489 e. The molecular weight excluding hydrogens is 640 g/mol. The fraction of sp³-hybridized carbons (Fsp3) is 0.684. The maximum atomic E-state index is 14.2. The van der Waals surface area contributed by atoms with Gasteiger partial charge in [-0.1, -0.05) is 45.7 Å². The summed E-state index contributed by atoms with van der Waals surface area (Å²) in [6.45, 7) is 9.30. The number of benzene rings is 1. The van der Waals surface area contributed by atoms with Crippen LogP contribution in [0, 0.1) is 11.3 Å². The number of rotatable bonds is 6. The van der Waals surface area contributed by atoms with Gasteiger partial charge in [0.2, 0.25) is 11.8 Å². The van der Waals surface area contributed by atoms with Crippen molar-refractivity contribution >= 4 is 28.9 Å². The van der Waals surface area contributed by atoms with Crippen molar-refractivity contribution in [2.45, 2.75) is 109 Å². The molecule has 3 fully saturated rings. The van der Waals surface area contributed by atoms with Crippen LogP contribution in [0.4, 0.5) is 4.79 Å². The van der Waals surface area contributed by atoms with E-state index in [-0.39, 0.29) is 31.1 Å². The van der Waals surface area contributed by atoms with E-state index in [4.69, 9.17) is 28.7 Å². The molecule has 2 aromatic rings. The van der Waals surface area contributed by atoms with Gasteiger partial charge < -0.3 is 38.8 Å². The van der Waals surface area contributed by atoms with Gasteiger partial charge >= 0.3 is 12.1 Å². The van der Waals surface area contributed by atoms with Gasteiger partial charge in [-0.2, -0.15) is 0 Å². The first kappa shape index (κ1) is 36.2. The Morgan fingerprint density at radius 1 is 1.02 bits per heavy atom. The molecule has 12 nitrogen and oxygen atoms in total. The Morgan fingerprint density at radius 3 is 2.54 bits per heavy atom. The van der Waals surface area contributed by atoms with Crippen LogP contribution in [0.15, 0.2) is 24.3 Å². The van der Waals surface area contributed by atoms with Gasteiger partial charge in [-0.25, -0.2) is 14.6 Å². The highest BCUT2D eigenvalue weighted by Crippen LogP contribution is 2.41. The molecular formula is C38H54N4O8. The summed E-state index contributed by atoms with van der Waals surface area (Å²) in [4.78, 5) is 49.3. The number of carbonyl (C=O) groups excluding carboxylic acids is 3. The maximum absolute atomic E-state index is 14.2. The van der Waals surface area contributed by atoms with Crippen LogP contribution >= 0.6 is 0 Å². The molecule has 1 N–H and O–H groups in total. The molecule has 2 saturated heterocycles. The Morgan fingerprint density at radius 2 is 1.80 bits per heavy atom. The lowest BCUT2D eigenvalue weighted by molar-refractivity contribution is -0.152. The van der Waals surface area contributed by atoms with Crippen molar-refractivity contribution in [2.24, 2.45) is 11.3 Å². The van der Waals surface area contributed by atoms with Gasteiger partial charge in [0, 0.05) is 38.6 Å². The van der Waals surface area contributed by atoms with Crippen molar-refractivity contribution in [3.05, 3.63) is 29.8 Å². The molecule has 1 aromatic heterocycles. The van der Waals surface area contributed by atoms with Crippen LogP contribution in [0.5, 0.6) is 11.6 Å². The van der Waals surface area contributed by atoms with Crippen LogP contribution in [0.1, 0.15) is 77.7 Å². The number of amides is 2. The second kappa shape index (κ2) is 15.7. The second-order valence-corrected chi connectivity index (χ2v) is 15.4. The summed E-state index contributed by atoms with van der Waals surface area (Å²) in [5, 5.41) is 3.79. The fourth-order valence-electron chi connectivity index (χ4n) is 7.59. The molecule has 4 aliphatic rings. The Hall–Kier alpha value is -3.64. The third-order valence-corrected chi connectivity index (χ3v) is 10.6. The smallest absolute Gasteiger partial charge is 0.408 e. The molecule has 50 heavy (non-hydrogen) atoms. The molecule has 3 aliphatic heterocycles. The summed E-state index contributed by atoms with van der Waals surface area (Å²) in [6.07, 6.45) is 6.26. The van der Waals surface area contributed by atoms with E-state index in [1.54, 1.807) is 7.11 Å². The molecule has 274 valence electrons. The van der Waals surface area contributed by atoms with Gasteiger partial charge in [0.15, 0.2) is 0 Å². The number of nitrogens with one attached hydrogen (secondary N) is 1. The van der Waals surface area contributed by atoms with E-state index in [9.17, 15) is 14.4 Å². The first-order chi connectivity index (χ1) is 24.0. The van der Waals surface area contributed by atoms with E-state index >= 15 is 0 Å². The Bertz CT molecular complexity index is 1520. The number of fused-ring (bicyclic) bond motifs is 5. The van der Waals surface area contributed by atoms with E-state index in [1.807, 2.05) is 39.0 Å². The molecule has 12 heteroatoms. The average molecular weight is 695 g/mol. The van der Waals surface area contributed by atoms with E-state index < -0.39 is 35.7 Å². The van der Waals surface area contributed by atoms with E-state index in [0.717, 1.165) is 86.8 Å². The van der Waals surface area contributed by atoms with Gasteiger partial charge in [0.05, 0.1) is 31.3 Å². The number of alkyl carbamates (subject to hydrolysis) is 1. The van der Waals surface area contributed by atoms with Gasteiger partial charge in [-0.05, 0) is 62.0 Å². The number of para-hydroxylation sites is 1. The van der Waals surface area contributed by atoms with E-state index in [2.05, 4.69) is 16.3 Å². The van der Waals surface area contributed by atoms with Crippen LogP contribution in [0.25, 0.3) is 10.9 Å². The van der Waals surface area contributed by atoms with Crippen molar-refractivity contribution < 1.29 is 38.1 Å². The molecule has 6 rings (SSSR count). The Balaban J connectivity index is 1.33. The number of carbonyl (C=O) groups is 3. The molecule has 1 aromatic carbocycles. The summed E-state index contributed by atoms with van der Waals surface area (Å²) in [5.74, 6) is 0.714. The number of nitrogens with zero attached hydrogens (tertiary/aromatic N) is 3. The zero-order valence-corrected chi connectivity index (χ0v) is 30.3. The van der Waals surface area contributed by atoms with Gasteiger partial charge in [-0.3, -0.25) is 4.79 Å². The zero-order chi connectivity index (χ0) is 35.4. The van der Waals surface area contributed by atoms with Crippen molar-refractivity contribution in [1.82, 2.24) is 20.1 Å². The third-order valence-electron chi connectivity index (χ3n) is 10.6. The number of hydrogen-bond acceptors (Lipinski definition) is 10. The lowest BCUT2D eigenvalue weighted by Crippen LogP contribution is -2.57. The molecule has 0 spiro atoms. The summed E-state index contributed by atoms with van der Waals surface area (Å²) >= 11 is 0. The number of pyridine rings is 1. The van der Waals surface area contributed by atoms with Gasteiger partial charge in [0.25, 0.3) is 0 Å². The number of hydrogen-bond donors (Lipinski definition) is 1. The maximum Gasteiger partial charge on any atom is 0.408 e. The Labute approximate surface area is 295 Å². The van der Waals surface area contributed by atoms with Crippen molar-refractivity contribution in [3.63, 3.8) is 0 Å². The molecule has 1 saturated carbocycles. The quantitative estimate of drug-likeness (QED) is 0.418. The predicted molar refractivity (Wildman–Crippen MR) is 187 cm³/mol. The van der Waals surface area contributed by atoms with Crippen LogP contribution in [0.3, 0.4) is 0 Å². The number of likely N-dealkylation sites (tertiary alicyclic amines) is 1. The Kier molecular flexibility index (Phi) is 11.4. The first-order valence-electron chi connectivity index (χ1n) is 18.4. The normalized spacial score (nSPS) is 27.2. The highest BCUT2D eigenvalue weighted by molar-refractivity contribution is 5.91. The molecule has 0 radical (unpaired) electrons. The minimum Gasteiger partial charge on any atom is -0.489 e. The van der Waals surface area contributed by atoms with Crippen LogP contribution in [-0.2, 0) is 30.2 Å². The van der Waals surface area contributed by atoms with Crippen LogP contribution < -0.4 is 14.8 Å². The van der Waals surface area contributed by atoms with Crippen molar-refractivity contribution in [3.8, 4) is 11.6 Å². The van der Waals surface area contributed by atoms with Crippen molar-refractivity contribution in [2.75, 3.05) is 47.0 Å². The van der Waals surface area contributed by atoms with Crippen LogP contribution in [-0.4, -0.2) is 110 Å². The zero-order valence-electron chi connectivity index (χ0n) is 30.3. The summed E-state index contributed by atoms with van der Waals surface area (Å²) < 4.78 is 29.9. The predicted octanol–water partition coefficient (Wildman–Crippen LogP) is 4.89. The summed E-state index contributed by atoms with van der Waals surface area (Å²) in [6, 6.07) is 6.20. The number of aromatic nitrogens is 1. The first-order valence-corrected chi connectivity index (χ1v) is 18.4. The molecule has 2 amide bonds. The number of piperidine rings is 1. The average Bonchev–Trinajstić information content (AvgIpc) is 3.69. The number of methoxy groups -OCH3 is 2. The molecule has 1 aliphatic carbocycles. The lowest BCUT2D eigenvalue weighted by Gasteiger charge is -2.34. The standard InChI is InChI=1S/C38H54N4O8/c1-38(2,3)33-35(43)42-23-26(22-30(42)36(44)47-5)49-34-28(13-8-6-7-11-24-21-31(24)50-37(45)40-33)32(27-12-9-10-14-29(27)39-34)48-25-15-17-41(18-16-25)19-20-46-4/h9-10,12,14,24-26,30-31,33H,6-8,11,13,15-23H2,1-5H3,(H,40,45)/t24-,26-,30+,31-,33-/m1/s1. The minimum absolute atomic E-state index is 0.0522. The van der Waals surface area contributed by atoms with Crippen LogP contribution in [0.2, 0.25) is 0 Å². The highest BCUT2D eigenvalue weighted by Gasteiger charge is 2.47. The SMILES string of the molecule is COCCN1CCC(Oc2c3c(nc4ccccc24)O[C@@H]2C[C@@H](C(=O)OC)N(C2)C(=O)[C@H](C(C)(C)C)NC(=O)O[C@@H]2C[C@H]2CCCCC3)CC1. The van der Waals surface area contributed by atoms with Gasteiger partial charge in [-0.15, -0.1) is 0 Å². The monoisotopic (exact) mass is 694 g/mol. The molecule has 0 unspecified atom stereocenters. The topological polar surface area (TPSA) is 129 Å². The van der Waals surface area contributed by atoms with E-state index in [0.29, 0.717) is 24.8 Å². The van der Waals surface area contributed by atoms with Gasteiger partial charge in [0.1, 0.15) is 36.1 Å². The summed E-state index contributed by atoms with van der Waals surface area (Å²) in [7, 11) is 3.05. The van der Waals surface area contributed by atoms with Crippen molar-refractivity contribution in [1.29, 1.82) is 0 Å². The minimum atomic E-state index is -0.924. The lowest BCUT2D eigenvalue weighted by atomic mass is 9.85.